The molecular formula is C61H84N2O16. The summed E-state index contributed by atoms with van der Waals surface area (Å²) in [7, 11) is 5.28. The van der Waals surface area contributed by atoms with Crippen LogP contribution in [0.1, 0.15) is 126 Å². The molecule has 3 aliphatic heterocycles. The Morgan fingerprint density at radius 1 is 0.759 bits per heavy atom. The summed E-state index contributed by atoms with van der Waals surface area (Å²) in [5.41, 5.74) is -3.69. The molecule has 6 rings (SSSR count). The predicted octanol–water partition coefficient (Wildman–Crippen LogP) is 8.37. The van der Waals surface area contributed by atoms with Gasteiger partial charge in [0, 0.05) is 31.3 Å². The first-order chi connectivity index (χ1) is 37.4. The van der Waals surface area contributed by atoms with Crippen LogP contribution in [0.2, 0.25) is 0 Å². The highest BCUT2D eigenvalue weighted by Gasteiger charge is 2.55. The molecule has 0 radical (unpaired) electrons. The van der Waals surface area contributed by atoms with Crippen molar-refractivity contribution in [2.45, 2.75) is 179 Å². The maximum atomic E-state index is 15.0. The molecule has 0 aliphatic carbocycles. The molecule has 1 unspecified atom stereocenters. The van der Waals surface area contributed by atoms with Crippen molar-refractivity contribution in [1.82, 2.24) is 4.90 Å². The molecule has 3 aliphatic rings. The molecule has 3 aromatic rings. The first kappa shape index (κ1) is 62.8. The van der Waals surface area contributed by atoms with Crippen LogP contribution >= 0.6 is 0 Å². The molecular weight excluding hydrogens is 1020 g/mol. The van der Waals surface area contributed by atoms with Crippen LogP contribution in [0, 0.1) is 23.7 Å². The summed E-state index contributed by atoms with van der Waals surface area (Å²) in [4.78, 5) is 63.8. The minimum atomic E-state index is -2.09. The third kappa shape index (κ3) is 14.9. The van der Waals surface area contributed by atoms with Crippen LogP contribution in [0.15, 0.2) is 109 Å². The maximum absolute atomic E-state index is 15.0. The Labute approximate surface area is 466 Å². The zero-order valence-corrected chi connectivity index (χ0v) is 48.1. The molecule has 2 N–H and O–H groups in total. The number of aliphatic hydroxyl groups excluding tert-OH is 1. The highest BCUT2D eigenvalue weighted by Crippen LogP contribution is 2.43. The second-order valence-corrected chi connectivity index (χ2v) is 22.4. The fraction of sp³-hybridized carbons (Fsp3) is 0.590. The molecule has 0 aromatic heterocycles. The minimum Gasteiger partial charge on any atom is -0.459 e. The van der Waals surface area contributed by atoms with Crippen LogP contribution < -0.4 is 0 Å². The summed E-state index contributed by atoms with van der Waals surface area (Å²) in [5, 5.41) is 29.2. The number of oxime groups is 1. The van der Waals surface area contributed by atoms with Crippen LogP contribution in [-0.2, 0) is 52.3 Å². The lowest BCUT2D eigenvalue weighted by Crippen LogP contribution is -2.62. The standard InChI is InChI=1S/C61H84N2O16/c1-15-32-71-60(10)34-36(3)48(62-79-57(68)44-30-24-19-25-31-44)38(5)51(64)61(11,69)46(16-2)74-54(65)40(7)49(75-47-35-59(9,70-14)53(41(8)73-47)77-56(67)43-28-22-18-23-29-43)39(6)52(60)78-58-50(45(63(12)13)33-37(4)72-58)76-55(66)42-26-20-17-21-27-42/h15,17-31,36-41,45-47,49-53,58,64,69H,1,16,32-35H2,2-14H3/b62-48+/t36-,37+,38-,39-,40+,41-,45-,46+,47-,49-,50+,51+,52+,53-,58?,59+,60-,61+/m0/s1. The van der Waals surface area contributed by atoms with Gasteiger partial charge in [-0.25, -0.2) is 14.4 Å². The number of benzene rings is 3. The fourth-order valence-corrected chi connectivity index (χ4v) is 11.5. The number of hydrogen-bond acceptors (Lipinski definition) is 18. The lowest BCUT2D eigenvalue weighted by molar-refractivity contribution is -0.319. The van der Waals surface area contributed by atoms with Gasteiger partial charge in [0.25, 0.3) is 0 Å². The van der Waals surface area contributed by atoms with Gasteiger partial charge in [-0.1, -0.05) is 93.5 Å². The van der Waals surface area contributed by atoms with E-state index < -0.39 is 132 Å². The summed E-state index contributed by atoms with van der Waals surface area (Å²) in [6.45, 7) is 21.3. The van der Waals surface area contributed by atoms with Crippen LogP contribution in [-0.4, -0.2) is 157 Å². The van der Waals surface area contributed by atoms with E-state index in [0.29, 0.717) is 17.5 Å². The maximum Gasteiger partial charge on any atom is 0.365 e. The molecule has 3 saturated heterocycles. The van der Waals surface area contributed by atoms with Gasteiger partial charge in [-0.2, -0.15) is 0 Å². The number of carbonyl (C=O) groups excluding carboxylic acids is 4. The van der Waals surface area contributed by atoms with Crippen molar-refractivity contribution in [3.8, 4) is 0 Å². The van der Waals surface area contributed by atoms with Crippen LogP contribution in [0.5, 0.6) is 0 Å². The minimum absolute atomic E-state index is 0.0154. The normalized spacial score (nSPS) is 36.3. The average molecular weight is 1100 g/mol. The Bertz CT molecular complexity index is 2510. The molecule has 18 atom stereocenters. The van der Waals surface area contributed by atoms with Crippen LogP contribution in [0.4, 0.5) is 0 Å². The zero-order valence-electron chi connectivity index (χ0n) is 48.1. The number of esters is 3. The monoisotopic (exact) mass is 1100 g/mol. The molecule has 3 heterocycles. The lowest BCUT2D eigenvalue weighted by atomic mass is 9.73. The fourth-order valence-electron chi connectivity index (χ4n) is 11.5. The van der Waals surface area contributed by atoms with Gasteiger partial charge in [-0.3, -0.25) is 4.79 Å². The van der Waals surface area contributed by atoms with Gasteiger partial charge in [-0.05, 0) is 111 Å². The van der Waals surface area contributed by atoms with E-state index in [-0.39, 0.29) is 37.1 Å². The lowest BCUT2D eigenvalue weighted by Gasteiger charge is -2.50. The molecule has 79 heavy (non-hydrogen) atoms. The number of rotatable bonds is 16. The molecule has 0 bridgehead atoms. The van der Waals surface area contributed by atoms with Crippen molar-refractivity contribution in [3.05, 3.63) is 120 Å². The average Bonchev–Trinajstić information content (AvgIpc) is 3.59. The van der Waals surface area contributed by atoms with Gasteiger partial charge in [0.2, 0.25) is 0 Å². The third-order valence-electron chi connectivity index (χ3n) is 16.0. The molecule has 3 aromatic carbocycles. The SMILES string of the molecule is C=CCO[C@@]1(C)C[C@H](C)/C(=N\OC(=O)c2ccccc2)[C@H](C)[C@@H](O)[C@](C)(O)[C@@H](CC)OC(=O)[C@H](C)[C@@H](O[C@H]2C[C@@](C)(OC)[C@@H](OC(=O)c3ccccc3)[C@H](C)O2)[C@H](C)[C@H]1OC1O[C@H](C)C[C@H](N(C)C)[C@H]1OC(=O)c1ccccc1. The summed E-state index contributed by atoms with van der Waals surface area (Å²) < 4.78 is 59.8. The zero-order chi connectivity index (χ0) is 58.0. The van der Waals surface area contributed by atoms with Gasteiger partial charge in [0.1, 0.15) is 17.3 Å². The van der Waals surface area contributed by atoms with Crippen LogP contribution in [0.25, 0.3) is 0 Å². The van der Waals surface area contributed by atoms with Crippen molar-refractivity contribution in [2.75, 3.05) is 27.8 Å². The number of methoxy groups -OCH3 is 1. The second kappa shape index (κ2) is 27.4. The number of aliphatic hydroxyl groups is 2. The Hall–Kier alpha value is -5.41. The van der Waals surface area contributed by atoms with E-state index in [1.165, 1.54) is 14.0 Å². The Morgan fingerprint density at radius 2 is 1.32 bits per heavy atom. The van der Waals surface area contributed by atoms with Gasteiger partial charge in [0.15, 0.2) is 24.8 Å². The Balaban J connectivity index is 1.52. The van der Waals surface area contributed by atoms with Crippen molar-refractivity contribution < 1.29 is 76.9 Å². The van der Waals surface area contributed by atoms with E-state index in [2.05, 4.69) is 11.7 Å². The number of nitrogens with zero attached hydrogens (tertiary/aromatic N) is 2. The molecule has 434 valence electrons. The molecule has 18 nitrogen and oxygen atoms in total. The number of carbonyl (C=O) groups is 4. The van der Waals surface area contributed by atoms with Gasteiger partial charge in [0.05, 0.1) is 77.1 Å². The Kier molecular flexibility index (Phi) is 21.8. The largest absolute Gasteiger partial charge is 0.459 e. The van der Waals surface area contributed by atoms with E-state index in [9.17, 15) is 24.6 Å². The van der Waals surface area contributed by atoms with Crippen molar-refractivity contribution >= 4 is 29.6 Å². The van der Waals surface area contributed by atoms with E-state index in [1.807, 2.05) is 46.7 Å². The van der Waals surface area contributed by atoms with E-state index in [0.717, 1.165) is 0 Å². The van der Waals surface area contributed by atoms with Gasteiger partial charge in [-0.15, -0.1) is 6.58 Å². The van der Waals surface area contributed by atoms with Gasteiger partial charge < -0.3 is 62.6 Å². The third-order valence-corrected chi connectivity index (χ3v) is 16.0. The first-order valence-electron chi connectivity index (χ1n) is 27.4. The number of likely N-dealkylation sites (N-methyl/N-ethyl adjacent to an activating group) is 1. The first-order valence-corrected chi connectivity index (χ1v) is 27.4. The number of ether oxygens (including phenoxy) is 9. The highest BCUT2D eigenvalue weighted by molar-refractivity contribution is 5.92. The molecule has 0 amide bonds. The van der Waals surface area contributed by atoms with Crippen molar-refractivity contribution in [3.63, 3.8) is 0 Å². The summed E-state index contributed by atoms with van der Waals surface area (Å²) in [6.07, 6.45) is -8.63. The highest BCUT2D eigenvalue weighted by atomic mass is 16.7. The Morgan fingerprint density at radius 3 is 1.85 bits per heavy atom. The van der Waals surface area contributed by atoms with E-state index in [4.69, 9.17) is 47.5 Å². The quantitative estimate of drug-likeness (QED) is 0.0453. The molecule has 0 spiro atoms. The van der Waals surface area contributed by atoms with Crippen molar-refractivity contribution in [1.29, 1.82) is 0 Å². The van der Waals surface area contributed by atoms with Crippen molar-refractivity contribution in [2.24, 2.45) is 28.8 Å². The summed E-state index contributed by atoms with van der Waals surface area (Å²) in [6, 6.07) is 25.1. The molecule has 0 saturated carbocycles. The topological polar surface area (TPSA) is 217 Å². The summed E-state index contributed by atoms with van der Waals surface area (Å²) >= 11 is 0. The number of hydrogen-bond donors (Lipinski definition) is 2. The smallest absolute Gasteiger partial charge is 0.365 e. The van der Waals surface area contributed by atoms with E-state index in [1.54, 1.807) is 132 Å². The van der Waals surface area contributed by atoms with E-state index >= 15 is 4.79 Å². The second-order valence-electron chi connectivity index (χ2n) is 22.4. The predicted molar refractivity (Wildman–Crippen MR) is 294 cm³/mol. The van der Waals surface area contributed by atoms with Crippen LogP contribution in [0.3, 0.4) is 0 Å². The number of cyclic esters (lactones) is 1. The molecule has 3 fully saturated rings. The summed E-state index contributed by atoms with van der Waals surface area (Å²) in [5.74, 6) is -6.54. The molecule has 18 heteroatoms. The van der Waals surface area contributed by atoms with Gasteiger partial charge >= 0.3 is 23.9 Å².